The average molecular weight is 372 g/mol. The molecular weight excluding hydrogens is 342 g/mol. The molecule has 2 fully saturated rings. The van der Waals surface area contributed by atoms with Crippen molar-refractivity contribution in [3.05, 3.63) is 71.8 Å². The van der Waals surface area contributed by atoms with Crippen LogP contribution in [0, 0.1) is 5.92 Å². The molecule has 0 bridgehead atoms. The summed E-state index contributed by atoms with van der Waals surface area (Å²) in [5.41, 5.74) is 2.91. The van der Waals surface area contributed by atoms with Gasteiger partial charge in [-0.25, -0.2) is 0 Å². The van der Waals surface area contributed by atoms with Gasteiger partial charge in [-0.15, -0.1) is 12.4 Å². The van der Waals surface area contributed by atoms with Crippen LogP contribution in [0.1, 0.15) is 55.2 Å². The SMILES string of the molecule is Cl.OCCN1C(c2ccccc2)CC(c2ccccc2)C2CCCCC21. The number of aliphatic hydroxyl groups is 1. The second kappa shape index (κ2) is 9.03. The number of aliphatic hydroxyl groups excluding tert-OH is 1. The fourth-order valence-corrected chi connectivity index (χ4v) is 5.33. The number of likely N-dealkylation sites (tertiary alicyclic amines) is 1. The maximum absolute atomic E-state index is 9.71. The van der Waals surface area contributed by atoms with Gasteiger partial charge in [0.15, 0.2) is 0 Å². The van der Waals surface area contributed by atoms with Crippen LogP contribution in [0.2, 0.25) is 0 Å². The molecule has 1 N–H and O–H groups in total. The summed E-state index contributed by atoms with van der Waals surface area (Å²) in [6.45, 7) is 1.05. The number of β-amino-alcohol motifs (C(OH)–C–C–N with tert-alkyl or cyclic N) is 1. The zero-order valence-corrected chi connectivity index (χ0v) is 16.2. The Balaban J connectivity index is 0.00000196. The lowest BCUT2D eigenvalue weighted by atomic mass is 9.67. The van der Waals surface area contributed by atoms with Crippen LogP contribution < -0.4 is 0 Å². The molecule has 3 heteroatoms. The molecule has 1 saturated heterocycles. The summed E-state index contributed by atoms with van der Waals surface area (Å²) in [6.07, 6.45) is 6.44. The van der Waals surface area contributed by atoms with Gasteiger partial charge in [0, 0.05) is 18.6 Å². The molecule has 26 heavy (non-hydrogen) atoms. The van der Waals surface area contributed by atoms with Crippen molar-refractivity contribution in [1.82, 2.24) is 4.90 Å². The third-order valence-electron chi connectivity index (χ3n) is 6.37. The highest BCUT2D eigenvalue weighted by molar-refractivity contribution is 5.85. The highest BCUT2D eigenvalue weighted by Gasteiger charge is 2.44. The van der Waals surface area contributed by atoms with E-state index in [9.17, 15) is 5.11 Å². The van der Waals surface area contributed by atoms with Gasteiger partial charge in [-0.05, 0) is 42.2 Å². The molecule has 1 aliphatic carbocycles. The average Bonchev–Trinajstić information content (AvgIpc) is 2.70. The minimum absolute atomic E-state index is 0. The molecule has 0 spiro atoms. The lowest BCUT2D eigenvalue weighted by Gasteiger charge is -2.52. The lowest BCUT2D eigenvalue weighted by Crippen LogP contribution is -2.52. The van der Waals surface area contributed by atoms with Gasteiger partial charge in [0.2, 0.25) is 0 Å². The van der Waals surface area contributed by atoms with Crippen LogP contribution in [0.15, 0.2) is 60.7 Å². The van der Waals surface area contributed by atoms with Crippen molar-refractivity contribution in [3.63, 3.8) is 0 Å². The zero-order chi connectivity index (χ0) is 17.1. The first-order valence-corrected chi connectivity index (χ1v) is 9.85. The van der Waals surface area contributed by atoms with Gasteiger partial charge in [-0.1, -0.05) is 73.5 Å². The Kier molecular flexibility index (Phi) is 6.74. The van der Waals surface area contributed by atoms with Crippen molar-refractivity contribution >= 4 is 12.4 Å². The zero-order valence-electron chi connectivity index (χ0n) is 15.3. The lowest BCUT2D eigenvalue weighted by molar-refractivity contribution is -0.0101. The number of fused-ring (bicyclic) bond motifs is 1. The Labute approximate surface area is 163 Å². The van der Waals surface area contributed by atoms with Crippen LogP contribution in [-0.2, 0) is 0 Å². The molecule has 2 aliphatic rings. The summed E-state index contributed by atoms with van der Waals surface area (Å²) in [7, 11) is 0. The predicted octanol–water partition coefficient (Wildman–Crippen LogP) is 5.19. The van der Waals surface area contributed by atoms with Crippen LogP contribution in [0.5, 0.6) is 0 Å². The van der Waals surface area contributed by atoms with E-state index in [4.69, 9.17) is 0 Å². The summed E-state index contributed by atoms with van der Waals surface area (Å²) in [6, 6.07) is 23.1. The number of halogens is 1. The van der Waals surface area contributed by atoms with Gasteiger partial charge >= 0.3 is 0 Å². The maximum atomic E-state index is 9.71. The molecule has 4 unspecified atom stereocenters. The van der Waals surface area contributed by atoms with Crippen LogP contribution in [-0.4, -0.2) is 29.2 Å². The first-order valence-electron chi connectivity index (χ1n) is 9.85. The predicted molar refractivity (Wildman–Crippen MR) is 110 cm³/mol. The van der Waals surface area contributed by atoms with Crippen molar-refractivity contribution in [2.24, 2.45) is 5.92 Å². The molecular formula is C23H30ClNO. The molecule has 1 heterocycles. The van der Waals surface area contributed by atoms with Crippen molar-refractivity contribution in [2.75, 3.05) is 13.2 Å². The number of rotatable bonds is 4. The van der Waals surface area contributed by atoms with Gasteiger partial charge in [0.25, 0.3) is 0 Å². The largest absolute Gasteiger partial charge is 0.395 e. The van der Waals surface area contributed by atoms with Crippen LogP contribution >= 0.6 is 12.4 Å². The Morgan fingerprint density at radius 1 is 0.846 bits per heavy atom. The second-order valence-electron chi connectivity index (χ2n) is 7.66. The maximum Gasteiger partial charge on any atom is 0.0558 e. The quantitative estimate of drug-likeness (QED) is 0.799. The van der Waals surface area contributed by atoms with Crippen molar-refractivity contribution in [2.45, 2.75) is 50.1 Å². The van der Waals surface area contributed by atoms with Gasteiger partial charge in [0.1, 0.15) is 0 Å². The van der Waals surface area contributed by atoms with Gasteiger partial charge < -0.3 is 5.11 Å². The third kappa shape index (κ3) is 3.83. The van der Waals surface area contributed by atoms with E-state index in [0.29, 0.717) is 18.0 Å². The first kappa shape index (κ1) is 19.4. The van der Waals surface area contributed by atoms with Crippen LogP contribution in [0.4, 0.5) is 0 Å². The number of piperidine rings is 1. The minimum atomic E-state index is 0. The van der Waals surface area contributed by atoms with E-state index >= 15 is 0 Å². The molecule has 4 atom stereocenters. The van der Waals surface area contributed by atoms with E-state index in [-0.39, 0.29) is 19.0 Å². The Morgan fingerprint density at radius 3 is 2.12 bits per heavy atom. The van der Waals surface area contributed by atoms with Gasteiger partial charge in [0.05, 0.1) is 6.61 Å². The molecule has 0 radical (unpaired) electrons. The smallest absolute Gasteiger partial charge is 0.0558 e. The van der Waals surface area contributed by atoms with Crippen molar-refractivity contribution in [1.29, 1.82) is 0 Å². The summed E-state index contributed by atoms with van der Waals surface area (Å²) in [5, 5.41) is 9.71. The normalized spacial score (nSPS) is 28.8. The summed E-state index contributed by atoms with van der Waals surface area (Å²) < 4.78 is 0. The van der Waals surface area contributed by atoms with Crippen LogP contribution in [0.3, 0.4) is 0 Å². The molecule has 140 valence electrons. The molecule has 1 saturated carbocycles. The number of benzene rings is 2. The van der Waals surface area contributed by atoms with E-state index in [2.05, 4.69) is 65.6 Å². The van der Waals surface area contributed by atoms with E-state index in [0.717, 1.165) is 18.9 Å². The summed E-state index contributed by atoms with van der Waals surface area (Å²) >= 11 is 0. The molecule has 4 rings (SSSR count). The second-order valence-corrected chi connectivity index (χ2v) is 7.66. The Morgan fingerprint density at radius 2 is 1.46 bits per heavy atom. The Bertz CT molecular complexity index is 662. The molecule has 0 aromatic heterocycles. The van der Waals surface area contributed by atoms with E-state index in [1.54, 1.807) is 0 Å². The topological polar surface area (TPSA) is 23.5 Å². The Hall–Kier alpha value is -1.35. The first-order chi connectivity index (χ1) is 12.4. The highest BCUT2D eigenvalue weighted by atomic mass is 35.5. The van der Waals surface area contributed by atoms with E-state index < -0.39 is 0 Å². The van der Waals surface area contributed by atoms with E-state index in [1.807, 2.05) is 0 Å². The molecule has 1 aliphatic heterocycles. The highest BCUT2D eigenvalue weighted by Crippen LogP contribution is 2.50. The standard InChI is InChI=1S/C23H29NO.ClH/c25-16-15-24-22-14-8-7-13-20(22)21(18-9-3-1-4-10-18)17-23(24)19-11-5-2-6-12-19;/h1-6,9-12,20-23,25H,7-8,13-17H2;1H. The molecule has 2 aromatic carbocycles. The fourth-order valence-electron chi connectivity index (χ4n) is 5.33. The molecule has 0 amide bonds. The molecule has 2 aromatic rings. The summed E-state index contributed by atoms with van der Waals surface area (Å²) in [5.74, 6) is 1.36. The monoisotopic (exact) mass is 371 g/mol. The fraction of sp³-hybridized carbons (Fsp3) is 0.478. The minimum Gasteiger partial charge on any atom is -0.395 e. The van der Waals surface area contributed by atoms with Crippen molar-refractivity contribution < 1.29 is 5.11 Å². The number of hydrogen-bond acceptors (Lipinski definition) is 2. The van der Waals surface area contributed by atoms with Gasteiger partial charge in [-0.2, -0.15) is 0 Å². The van der Waals surface area contributed by atoms with Gasteiger partial charge in [-0.3, -0.25) is 4.90 Å². The number of nitrogens with zero attached hydrogens (tertiary/aromatic N) is 1. The summed E-state index contributed by atoms with van der Waals surface area (Å²) in [4.78, 5) is 2.62. The third-order valence-corrected chi connectivity index (χ3v) is 6.37. The number of hydrogen-bond donors (Lipinski definition) is 1. The van der Waals surface area contributed by atoms with Crippen LogP contribution in [0.25, 0.3) is 0 Å². The van der Waals surface area contributed by atoms with Crippen molar-refractivity contribution in [3.8, 4) is 0 Å². The molecule has 2 nitrogen and oxygen atoms in total. The van der Waals surface area contributed by atoms with E-state index in [1.165, 1.54) is 36.8 Å².